The van der Waals surface area contributed by atoms with Gasteiger partial charge in [0, 0.05) is 6.42 Å². The van der Waals surface area contributed by atoms with E-state index in [2.05, 4.69) is 6.92 Å². The van der Waals surface area contributed by atoms with Gasteiger partial charge in [-0.25, -0.2) is 0 Å². The van der Waals surface area contributed by atoms with E-state index in [0.717, 1.165) is 37.2 Å². The van der Waals surface area contributed by atoms with E-state index < -0.39 is 5.60 Å². The van der Waals surface area contributed by atoms with Crippen molar-refractivity contribution in [3.8, 4) is 11.5 Å². The minimum absolute atomic E-state index is 0.469. The van der Waals surface area contributed by atoms with Crippen LogP contribution in [-0.2, 0) is 12.8 Å². The molecular formula is C14H20O3. The highest BCUT2D eigenvalue weighted by Crippen LogP contribution is 2.41. The molecule has 1 aromatic carbocycles. The third-order valence-corrected chi connectivity index (χ3v) is 3.43. The van der Waals surface area contributed by atoms with Gasteiger partial charge in [-0.1, -0.05) is 6.92 Å². The Balaban J connectivity index is 2.35. The van der Waals surface area contributed by atoms with E-state index in [-0.39, 0.29) is 0 Å². The number of ether oxygens (including phenoxy) is 2. The number of methoxy groups -OCH3 is 2. The summed E-state index contributed by atoms with van der Waals surface area (Å²) < 4.78 is 10.6. The highest BCUT2D eigenvalue weighted by atomic mass is 16.5. The molecule has 0 aromatic heterocycles. The molecule has 17 heavy (non-hydrogen) atoms. The summed E-state index contributed by atoms with van der Waals surface area (Å²) in [5.41, 5.74) is 1.93. The van der Waals surface area contributed by atoms with E-state index in [9.17, 15) is 5.11 Å². The van der Waals surface area contributed by atoms with Gasteiger partial charge in [-0.15, -0.1) is 0 Å². The average molecular weight is 236 g/mol. The number of aryl methyl sites for hydroxylation is 1. The molecule has 0 spiro atoms. The third kappa shape index (κ3) is 2.55. The highest BCUT2D eigenvalue weighted by molar-refractivity contribution is 5.48. The van der Waals surface area contributed by atoms with Crippen LogP contribution < -0.4 is 9.47 Å². The van der Waals surface area contributed by atoms with E-state index in [1.807, 2.05) is 12.1 Å². The first-order chi connectivity index (χ1) is 8.11. The van der Waals surface area contributed by atoms with Gasteiger partial charge >= 0.3 is 0 Å². The SMILES string of the molecule is CCc1cc(OC)c(OC)cc1CC1(O)CC1. The molecule has 3 nitrogen and oxygen atoms in total. The molecule has 3 heteroatoms. The molecule has 0 aliphatic heterocycles. The van der Waals surface area contributed by atoms with E-state index in [1.54, 1.807) is 14.2 Å². The first-order valence-electron chi connectivity index (χ1n) is 6.08. The molecule has 0 heterocycles. The Bertz CT molecular complexity index is 408. The van der Waals surface area contributed by atoms with Crippen molar-refractivity contribution in [1.29, 1.82) is 0 Å². The van der Waals surface area contributed by atoms with Gasteiger partial charge in [0.15, 0.2) is 11.5 Å². The Morgan fingerprint density at radius 3 is 2.06 bits per heavy atom. The van der Waals surface area contributed by atoms with Crippen molar-refractivity contribution in [1.82, 2.24) is 0 Å². The molecule has 0 radical (unpaired) electrons. The van der Waals surface area contributed by atoms with Gasteiger partial charge in [0.05, 0.1) is 19.8 Å². The monoisotopic (exact) mass is 236 g/mol. The molecule has 0 atom stereocenters. The summed E-state index contributed by atoms with van der Waals surface area (Å²) in [5, 5.41) is 10.0. The number of aliphatic hydroxyl groups is 1. The van der Waals surface area contributed by atoms with Crippen molar-refractivity contribution in [2.24, 2.45) is 0 Å². The molecule has 0 unspecified atom stereocenters. The first-order valence-corrected chi connectivity index (χ1v) is 6.08. The van der Waals surface area contributed by atoms with Gasteiger partial charge in [0.2, 0.25) is 0 Å². The molecule has 0 amide bonds. The Morgan fingerprint density at radius 2 is 1.65 bits per heavy atom. The summed E-state index contributed by atoms with van der Waals surface area (Å²) in [7, 11) is 3.28. The van der Waals surface area contributed by atoms with E-state index in [0.29, 0.717) is 0 Å². The lowest BCUT2D eigenvalue weighted by molar-refractivity contribution is 0.150. The molecule has 1 aliphatic carbocycles. The number of rotatable bonds is 5. The van der Waals surface area contributed by atoms with Crippen molar-refractivity contribution < 1.29 is 14.6 Å². The lowest BCUT2D eigenvalue weighted by atomic mass is 9.98. The fourth-order valence-electron chi connectivity index (χ4n) is 2.13. The molecule has 1 saturated carbocycles. The second-order valence-corrected chi connectivity index (χ2v) is 4.73. The van der Waals surface area contributed by atoms with Crippen LogP contribution in [0.4, 0.5) is 0 Å². The van der Waals surface area contributed by atoms with Crippen LogP contribution in [0.5, 0.6) is 11.5 Å². The molecule has 94 valence electrons. The molecule has 1 aliphatic rings. The van der Waals surface area contributed by atoms with Crippen molar-refractivity contribution >= 4 is 0 Å². The smallest absolute Gasteiger partial charge is 0.161 e. The molecule has 0 bridgehead atoms. The summed E-state index contributed by atoms with van der Waals surface area (Å²) in [6.07, 6.45) is 3.47. The zero-order chi connectivity index (χ0) is 12.5. The number of hydrogen-bond donors (Lipinski definition) is 1. The maximum Gasteiger partial charge on any atom is 0.161 e. The lowest BCUT2D eigenvalue weighted by Crippen LogP contribution is -2.12. The van der Waals surface area contributed by atoms with Crippen molar-refractivity contribution in [3.63, 3.8) is 0 Å². The van der Waals surface area contributed by atoms with Crippen molar-refractivity contribution in [2.45, 2.75) is 38.2 Å². The van der Waals surface area contributed by atoms with E-state index in [4.69, 9.17) is 9.47 Å². The quantitative estimate of drug-likeness (QED) is 0.852. The minimum atomic E-state index is -0.469. The number of benzene rings is 1. The summed E-state index contributed by atoms with van der Waals surface area (Å²) in [4.78, 5) is 0. The normalized spacial score (nSPS) is 16.7. The van der Waals surface area contributed by atoms with E-state index >= 15 is 0 Å². The fourth-order valence-corrected chi connectivity index (χ4v) is 2.13. The molecule has 1 fully saturated rings. The van der Waals surface area contributed by atoms with Gasteiger partial charge < -0.3 is 14.6 Å². The van der Waals surface area contributed by atoms with Gasteiger partial charge in [-0.2, -0.15) is 0 Å². The van der Waals surface area contributed by atoms with Crippen LogP contribution in [0, 0.1) is 0 Å². The van der Waals surface area contributed by atoms with Gasteiger partial charge in [0.1, 0.15) is 0 Å². The zero-order valence-electron chi connectivity index (χ0n) is 10.7. The fraction of sp³-hybridized carbons (Fsp3) is 0.571. The molecule has 1 aromatic rings. The minimum Gasteiger partial charge on any atom is -0.493 e. The zero-order valence-corrected chi connectivity index (χ0v) is 10.7. The third-order valence-electron chi connectivity index (χ3n) is 3.43. The second kappa shape index (κ2) is 4.57. The highest BCUT2D eigenvalue weighted by Gasteiger charge is 2.40. The van der Waals surface area contributed by atoms with Crippen LogP contribution in [-0.4, -0.2) is 24.9 Å². The average Bonchev–Trinajstić information content (AvgIpc) is 3.06. The lowest BCUT2D eigenvalue weighted by Gasteiger charge is -2.16. The summed E-state index contributed by atoms with van der Waals surface area (Å²) >= 11 is 0. The van der Waals surface area contributed by atoms with Gasteiger partial charge in [-0.05, 0) is 42.5 Å². The summed E-state index contributed by atoms with van der Waals surface area (Å²) in [6, 6.07) is 4.01. The van der Waals surface area contributed by atoms with Crippen LogP contribution in [0.25, 0.3) is 0 Å². The topological polar surface area (TPSA) is 38.7 Å². The maximum absolute atomic E-state index is 10.0. The van der Waals surface area contributed by atoms with Crippen LogP contribution in [0.3, 0.4) is 0 Å². The van der Waals surface area contributed by atoms with Crippen LogP contribution >= 0.6 is 0 Å². The summed E-state index contributed by atoms with van der Waals surface area (Å²) in [6.45, 7) is 2.11. The predicted molar refractivity (Wildman–Crippen MR) is 66.8 cm³/mol. The second-order valence-electron chi connectivity index (χ2n) is 4.73. The van der Waals surface area contributed by atoms with Crippen LogP contribution in [0.15, 0.2) is 12.1 Å². The van der Waals surface area contributed by atoms with Crippen molar-refractivity contribution in [3.05, 3.63) is 23.3 Å². The van der Waals surface area contributed by atoms with Crippen LogP contribution in [0.1, 0.15) is 30.9 Å². The van der Waals surface area contributed by atoms with Gasteiger partial charge in [0.25, 0.3) is 0 Å². The molecule has 2 rings (SSSR count). The Hall–Kier alpha value is -1.22. The molecular weight excluding hydrogens is 216 g/mol. The Kier molecular flexibility index (Phi) is 3.29. The Morgan fingerprint density at radius 1 is 1.12 bits per heavy atom. The molecule has 1 N–H and O–H groups in total. The molecule has 0 saturated heterocycles. The Labute approximate surface area is 102 Å². The standard InChI is InChI=1S/C14H20O3/c1-4-10-7-12(16-2)13(17-3)8-11(10)9-14(15)5-6-14/h7-8,15H,4-6,9H2,1-3H3. The predicted octanol–water partition coefficient (Wildman–Crippen LogP) is 2.33. The van der Waals surface area contributed by atoms with Crippen molar-refractivity contribution in [2.75, 3.05) is 14.2 Å². The number of hydrogen-bond acceptors (Lipinski definition) is 3. The first kappa shape index (κ1) is 12.2. The maximum atomic E-state index is 10.0. The van der Waals surface area contributed by atoms with E-state index in [1.165, 1.54) is 11.1 Å². The summed E-state index contributed by atoms with van der Waals surface area (Å²) in [5.74, 6) is 1.50. The largest absolute Gasteiger partial charge is 0.493 e. The van der Waals surface area contributed by atoms with Crippen LogP contribution in [0.2, 0.25) is 0 Å². The van der Waals surface area contributed by atoms with Gasteiger partial charge in [-0.3, -0.25) is 0 Å².